The second-order valence-electron chi connectivity index (χ2n) is 9.86. The fourth-order valence-corrected chi connectivity index (χ4v) is 5.48. The fourth-order valence-electron chi connectivity index (χ4n) is 5.48. The average molecular weight is 533 g/mol. The Labute approximate surface area is 230 Å². The normalized spacial score (nSPS) is 15.2. The predicted molar refractivity (Wildman–Crippen MR) is 156 cm³/mol. The molecule has 0 saturated carbocycles. The highest BCUT2D eigenvalue weighted by atomic mass is 16.5. The number of aromatic nitrogens is 2. The Hall–Kier alpha value is -3.69. The van der Waals surface area contributed by atoms with Gasteiger partial charge < -0.3 is 25.4 Å². The third-order valence-electron chi connectivity index (χ3n) is 7.40. The van der Waals surface area contributed by atoms with E-state index in [9.17, 15) is 9.59 Å². The van der Waals surface area contributed by atoms with E-state index < -0.39 is 0 Å². The van der Waals surface area contributed by atoms with Gasteiger partial charge in [-0.1, -0.05) is 13.8 Å². The molecule has 1 amide bonds. The highest BCUT2D eigenvalue weighted by Gasteiger charge is 2.29. The smallest absolute Gasteiger partial charge is 0.253 e. The second-order valence-corrected chi connectivity index (χ2v) is 9.86. The van der Waals surface area contributed by atoms with Gasteiger partial charge in [-0.3, -0.25) is 9.59 Å². The summed E-state index contributed by atoms with van der Waals surface area (Å²) in [6.07, 6.45) is 5.52. The molecule has 2 aromatic heterocycles. The van der Waals surface area contributed by atoms with E-state index in [0.717, 1.165) is 79.1 Å². The van der Waals surface area contributed by atoms with E-state index in [4.69, 9.17) is 10.6 Å². The number of nitrogens with zero attached hydrogens (tertiary/aromatic N) is 2. The van der Waals surface area contributed by atoms with E-state index in [0.29, 0.717) is 23.0 Å². The van der Waals surface area contributed by atoms with E-state index in [1.165, 1.54) is 0 Å². The Balaban J connectivity index is 0.00000172. The molecule has 4 heterocycles. The SMILES string of the molecule is CC.Cc1cc(C)c(CNC(=O)c2cc(-c3ccc(NN)nc3)cc3c2CCCN3C2CCOCC2)c(=O)[nH]1. The molecule has 1 aromatic carbocycles. The summed E-state index contributed by atoms with van der Waals surface area (Å²) in [6.45, 7) is 10.4. The molecule has 0 atom stereocenters. The van der Waals surface area contributed by atoms with Crippen molar-refractivity contribution >= 4 is 17.4 Å². The topological polar surface area (TPSA) is 125 Å². The first-order valence-corrected chi connectivity index (χ1v) is 13.9. The van der Waals surface area contributed by atoms with Gasteiger partial charge in [0.1, 0.15) is 5.82 Å². The molecule has 0 radical (unpaired) electrons. The number of nitrogens with two attached hydrogens (primary N) is 1. The van der Waals surface area contributed by atoms with Gasteiger partial charge in [0, 0.05) is 66.6 Å². The lowest BCUT2D eigenvalue weighted by Gasteiger charge is -2.40. The van der Waals surface area contributed by atoms with Crippen molar-refractivity contribution in [3.8, 4) is 11.1 Å². The number of nitrogens with one attached hydrogen (secondary N) is 3. The summed E-state index contributed by atoms with van der Waals surface area (Å²) in [5, 5.41) is 3.02. The van der Waals surface area contributed by atoms with Crippen molar-refractivity contribution in [3.63, 3.8) is 0 Å². The molecular weight excluding hydrogens is 492 g/mol. The molecule has 0 bridgehead atoms. The molecule has 39 heavy (non-hydrogen) atoms. The molecule has 208 valence electrons. The number of hydrogen-bond donors (Lipinski definition) is 4. The fraction of sp³-hybridized carbons (Fsp3) is 0.433. The number of fused-ring (bicyclic) bond motifs is 1. The van der Waals surface area contributed by atoms with Crippen LogP contribution >= 0.6 is 0 Å². The summed E-state index contributed by atoms with van der Waals surface area (Å²) >= 11 is 0. The number of ether oxygens (including phenoxy) is 1. The molecule has 1 saturated heterocycles. The first kappa shape index (κ1) is 28.3. The molecule has 0 unspecified atom stereocenters. The summed E-state index contributed by atoms with van der Waals surface area (Å²) in [5.74, 6) is 5.89. The lowest BCUT2D eigenvalue weighted by molar-refractivity contribution is 0.0840. The monoisotopic (exact) mass is 532 g/mol. The number of anilines is 2. The summed E-state index contributed by atoms with van der Waals surface area (Å²) in [6, 6.07) is 10.2. The zero-order valence-electron chi connectivity index (χ0n) is 23.4. The summed E-state index contributed by atoms with van der Waals surface area (Å²) in [7, 11) is 0. The zero-order chi connectivity index (χ0) is 27.9. The van der Waals surface area contributed by atoms with Crippen molar-refractivity contribution in [1.29, 1.82) is 0 Å². The number of amides is 1. The van der Waals surface area contributed by atoms with Gasteiger partial charge in [-0.05, 0) is 86.6 Å². The Morgan fingerprint density at radius 2 is 1.92 bits per heavy atom. The molecule has 3 aromatic rings. The molecule has 2 aliphatic heterocycles. The Kier molecular flexibility index (Phi) is 9.37. The van der Waals surface area contributed by atoms with Crippen LogP contribution < -0.4 is 27.0 Å². The highest BCUT2D eigenvalue weighted by Crippen LogP contribution is 2.37. The molecule has 0 spiro atoms. The first-order valence-electron chi connectivity index (χ1n) is 13.9. The number of hydrazine groups is 1. The Morgan fingerprint density at radius 1 is 1.15 bits per heavy atom. The van der Waals surface area contributed by atoms with Crippen molar-refractivity contribution < 1.29 is 9.53 Å². The minimum absolute atomic E-state index is 0.168. The number of H-pyrrole nitrogens is 1. The van der Waals surface area contributed by atoms with E-state index in [1.807, 2.05) is 52.0 Å². The number of hydrogen-bond acceptors (Lipinski definition) is 7. The van der Waals surface area contributed by atoms with Gasteiger partial charge in [0.25, 0.3) is 11.5 Å². The highest BCUT2D eigenvalue weighted by molar-refractivity contribution is 5.99. The van der Waals surface area contributed by atoms with E-state index >= 15 is 0 Å². The van der Waals surface area contributed by atoms with Gasteiger partial charge in [0.05, 0.1) is 0 Å². The number of nitrogen functional groups attached to an aromatic ring is 1. The van der Waals surface area contributed by atoms with E-state index in [-0.39, 0.29) is 18.0 Å². The van der Waals surface area contributed by atoms with Crippen molar-refractivity contribution in [2.45, 2.75) is 66.0 Å². The molecule has 9 heteroatoms. The standard InChI is InChI=1S/C28H34N6O3.C2H6/c1-17-12-18(2)32-28(36)24(17)16-31-27(35)23-13-20(19-5-6-26(33-29)30-15-19)14-25-22(23)4-3-9-34(25)21-7-10-37-11-8-21;1-2/h5-6,12-15,21H,3-4,7-11,16,29H2,1-2H3,(H,30,33)(H,31,35)(H,32,36);1-2H3. The lowest BCUT2D eigenvalue weighted by atomic mass is 9.90. The van der Waals surface area contributed by atoms with Gasteiger partial charge in [-0.2, -0.15) is 0 Å². The van der Waals surface area contributed by atoms with E-state index in [1.54, 1.807) is 6.20 Å². The second kappa shape index (κ2) is 12.9. The maximum Gasteiger partial charge on any atom is 0.253 e. The molecule has 0 aliphatic carbocycles. The summed E-state index contributed by atoms with van der Waals surface area (Å²) in [4.78, 5) is 35.8. The molecule has 5 rings (SSSR count). The number of carbonyl (C=O) groups excluding carboxylic acids is 1. The number of pyridine rings is 2. The zero-order valence-corrected chi connectivity index (χ0v) is 23.4. The van der Waals surface area contributed by atoms with Crippen molar-refractivity contribution in [2.24, 2.45) is 5.84 Å². The minimum atomic E-state index is -0.181. The van der Waals surface area contributed by atoms with Gasteiger partial charge in [0.2, 0.25) is 0 Å². The summed E-state index contributed by atoms with van der Waals surface area (Å²) < 4.78 is 5.61. The van der Waals surface area contributed by atoms with E-state index in [2.05, 4.69) is 31.7 Å². The number of aryl methyl sites for hydroxylation is 2. The van der Waals surface area contributed by atoms with Crippen LogP contribution in [0.25, 0.3) is 11.1 Å². The molecule has 9 nitrogen and oxygen atoms in total. The molecule has 1 fully saturated rings. The minimum Gasteiger partial charge on any atom is -0.381 e. The Morgan fingerprint density at radius 3 is 2.59 bits per heavy atom. The maximum absolute atomic E-state index is 13.6. The van der Waals surface area contributed by atoms with Gasteiger partial charge in [-0.15, -0.1) is 0 Å². The molecular formula is C30H40N6O3. The number of benzene rings is 1. The first-order chi connectivity index (χ1) is 18.9. The number of aromatic amines is 1. The van der Waals surface area contributed by atoms with Crippen LogP contribution in [0.15, 0.2) is 41.3 Å². The lowest BCUT2D eigenvalue weighted by Crippen LogP contribution is -2.43. The van der Waals surface area contributed by atoms with Gasteiger partial charge in [-0.25, -0.2) is 10.8 Å². The van der Waals surface area contributed by atoms with Crippen LogP contribution in [0.1, 0.15) is 65.9 Å². The third kappa shape index (κ3) is 6.32. The van der Waals surface area contributed by atoms with Gasteiger partial charge in [0.15, 0.2) is 0 Å². The van der Waals surface area contributed by atoms with Crippen LogP contribution in [-0.2, 0) is 17.7 Å². The quantitative estimate of drug-likeness (QED) is 0.277. The van der Waals surface area contributed by atoms with Crippen molar-refractivity contribution in [2.75, 3.05) is 30.1 Å². The average Bonchev–Trinajstić information content (AvgIpc) is 2.97. The van der Waals surface area contributed by atoms with Crippen LogP contribution in [0.5, 0.6) is 0 Å². The predicted octanol–water partition coefficient (Wildman–Crippen LogP) is 4.23. The Bertz CT molecular complexity index is 1350. The van der Waals surface area contributed by atoms with Crippen molar-refractivity contribution in [1.82, 2.24) is 15.3 Å². The van der Waals surface area contributed by atoms with Crippen LogP contribution in [0, 0.1) is 13.8 Å². The molecule has 2 aliphatic rings. The number of carbonyl (C=O) groups is 1. The maximum atomic E-state index is 13.6. The third-order valence-corrected chi connectivity index (χ3v) is 7.40. The van der Waals surface area contributed by atoms with Crippen molar-refractivity contribution in [3.05, 3.63) is 74.8 Å². The van der Waals surface area contributed by atoms with Crippen LogP contribution in [-0.4, -0.2) is 41.7 Å². The molecule has 5 N–H and O–H groups in total. The number of rotatable bonds is 6. The largest absolute Gasteiger partial charge is 0.381 e. The van der Waals surface area contributed by atoms with Crippen LogP contribution in [0.2, 0.25) is 0 Å². The van der Waals surface area contributed by atoms with Crippen LogP contribution in [0.4, 0.5) is 11.5 Å². The van der Waals surface area contributed by atoms with Crippen LogP contribution in [0.3, 0.4) is 0 Å². The summed E-state index contributed by atoms with van der Waals surface area (Å²) in [5.41, 5.74) is 9.25. The van der Waals surface area contributed by atoms with Gasteiger partial charge >= 0.3 is 0 Å².